The molecule has 5 heteroatoms. The van der Waals surface area contributed by atoms with Gasteiger partial charge < -0.3 is 10.3 Å². The molecule has 1 aromatic heterocycles. The lowest BCUT2D eigenvalue weighted by Gasteiger charge is -2.20. The zero-order valence-electron chi connectivity index (χ0n) is 11.7. The van der Waals surface area contributed by atoms with Crippen molar-refractivity contribution in [3.05, 3.63) is 56.6 Å². The first-order chi connectivity index (χ1) is 10.2. The van der Waals surface area contributed by atoms with Crippen LogP contribution >= 0.6 is 11.3 Å². The molecule has 21 heavy (non-hydrogen) atoms. The first kappa shape index (κ1) is 14.1. The highest BCUT2D eigenvalue weighted by atomic mass is 32.1. The molecular weight excluding hydrogens is 284 g/mol. The van der Waals surface area contributed by atoms with Crippen LogP contribution in [0.25, 0.3) is 0 Å². The van der Waals surface area contributed by atoms with Crippen LogP contribution in [-0.4, -0.2) is 17.4 Å². The average Bonchev–Trinajstić information content (AvgIpc) is 3.14. The summed E-state index contributed by atoms with van der Waals surface area (Å²) >= 11 is 1.02. The third kappa shape index (κ3) is 3.24. The first-order valence-corrected chi connectivity index (χ1v) is 8.13. The van der Waals surface area contributed by atoms with Crippen molar-refractivity contribution in [3.8, 4) is 0 Å². The van der Waals surface area contributed by atoms with Gasteiger partial charge in [-0.1, -0.05) is 48.1 Å². The van der Waals surface area contributed by atoms with Gasteiger partial charge in [0.05, 0.1) is 0 Å². The van der Waals surface area contributed by atoms with Crippen LogP contribution in [0.5, 0.6) is 0 Å². The number of nitrogens with one attached hydrogen (secondary N) is 2. The zero-order chi connectivity index (χ0) is 14.7. The molecule has 1 saturated carbocycles. The molecule has 3 rings (SSSR count). The summed E-state index contributed by atoms with van der Waals surface area (Å²) in [6.45, 7) is 0.663. The van der Waals surface area contributed by atoms with Gasteiger partial charge >= 0.3 is 4.87 Å². The molecule has 2 N–H and O–H groups in total. The largest absolute Gasteiger partial charge is 0.350 e. The summed E-state index contributed by atoms with van der Waals surface area (Å²) in [5.74, 6) is 0.807. The lowest BCUT2D eigenvalue weighted by molar-refractivity contribution is 0.0942. The van der Waals surface area contributed by atoms with Gasteiger partial charge in [0.2, 0.25) is 0 Å². The minimum atomic E-state index is -0.192. The molecule has 1 amide bonds. The van der Waals surface area contributed by atoms with Crippen molar-refractivity contribution in [2.45, 2.75) is 25.2 Å². The molecule has 1 aromatic carbocycles. The van der Waals surface area contributed by atoms with Gasteiger partial charge in [0.1, 0.15) is 5.69 Å². The minimum absolute atomic E-state index is 0.188. The monoisotopic (exact) mass is 302 g/mol. The fraction of sp³-hybridized carbons (Fsp3) is 0.375. The molecule has 0 radical (unpaired) electrons. The van der Waals surface area contributed by atoms with Crippen molar-refractivity contribution in [1.82, 2.24) is 10.3 Å². The Morgan fingerprint density at radius 2 is 2.10 bits per heavy atom. The van der Waals surface area contributed by atoms with Crippen molar-refractivity contribution < 1.29 is 4.79 Å². The van der Waals surface area contributed by atoms with E-state index < -0.39 is 0 Å². The number of carbonyl (C=O) groups is 1. The van der Waals surface area contributed by atoms with Crippen LogP contribution in [0.2, 0.25) is 0 Å². The number of carbonyl (C=O) groups excluding carboxylic acids is 1. The Hall–Kier alpha value is -1.88. The second kappa shape index (κ2) is 6.26. The maximum Gasteiger partial charge on any atom is 0.305 e. The molecule has 2 unspecified atom stereocenters. The van der Waals surface area contributed by atoms with Crippen LogP contribution in [0.15, 0.2) is 40.5 Å². The number of aromatic nitrogens is 1. The van der Waals surface area contributed by atoms with Gasteiger partial charge in [0.15, 0.2) is 0 Å². The number of amides is 1. The quantitative estimate of drug-likeness (QED) is 0.912. The predicted octanol–water partition coefficient (Wildman–Crippen LogP) is 2.75. The molecule has 0 saturated heterocycles. The number of rotatable bonds is 4. The molecule has 1 fully saturated rings. The van der Waals surface area contributed by atoms with Crippen LogP contribution in [0, 0.1) is 5.92 Å². The van der Waals surface area contributed by atoms with E-state index in [1.807, 2.05) is 6.07 Å². The van der Waals surface area contributed by atoms with E-state index in [1.54, 1.807) is 5.38 Å². The molecular formula is C16H18N2O2S. The predicted molar refractivity (Wildman–Crippen MR) is 83.8 cm³/mol. The lowest BCUT2D eigenvalue weighted by Crippen LogP contribution is -2.30. The molecule has 0 bridgehead atoms. The topological polar surface area (TPSA) is 62.0 Å². The normalized spacial score (nSPS) is 21.3. The summed E-state index contributed by atoms with van der Waals surface area (Å²) in [6, 6.07) is 10.5. The van der Waals surface area contributed by atoms with Crippen molar-refractivity contribution in [2.75, 3.05) is 6.54 Å². The van der Waals surface area contributed by atoms with Gasteiger partial charge in [-0.25, -0.2) is 0 Å². The molecule has 1 heterocycles. The summed E-state index contributed by atoms with van der Waals surface area (Å²) < 4.78 is 0. The number of aromatic amines is 1. The highest BCUT2D eigenvalue weighted by Gasteiger charge is 2.28. The van der Waals surface area contributed by atoms with Gasteiger partial charge in [0, 0.05) is 11.9 Å². The van der Waals surface area contributed by atoms with E-state index in [0.29, 0.717) is 24.1 Å². The SMILES string of the molecule is O=C(NCC1CCCC1c1ccccc1)c1csc(=O)[nH]1. The van der Waals surface area contributed by atoms with Gasteiger partial charge in [-0.3, -0.25) is 9.59 Å². The summed E-state index contributed by atoms with van der Waals surface area (Å²) in [6.07, 6.45) is 3.52. The fourth-order valence-corrected chi connectivity index (χ4v) is 3.69. The van der Waals surface area contributed by atoms with Crippen LogP contribution in [0.3, 0.4) is 0 Å². The van der Waals surface area contributed by atoms with E-state index in [2.05, 4.69) is 34.6 Å². The maximum atomic E-state index is 12.0. The number of H-pyrrole nitrogens is 1. The highest BCUT2D eigenvalue weighted by Crippen LogP contribution is 2.39. The second-order valence-electron chi connectivity index (χ2n) is 5.48. The lowest BCUT2D eigenvalue weighted by atomic mass is 9.89. The van der Waals surface area contributed by atoms with Crippen LogP contribution in [-0.2, 0) is 0 Å². The van der Waals surface area contributed by atoms with Gasteiger partial charge in [-0.05, 0) is 30.2 Å². The summed E-state index contributed by atoms with van der Waals surface area (Å²) in [5.41, 5.74) is 1.72. The first-order valence-electron chi connectivity index (χ1n) is 7.25. The Bertz CT molecular complexity index is 662. The Morgan fingerprint density at radius 1 is 1.29 bits per heavy atom. The van der Waals surface area contributed by atoms with Crippen molar-refractivity contribution in [1.29, 1.82) is 0 Å². The van der Waals surface area contributed by atoms with E-state index >= 15 is 0 Å². The molecule has 0 spiro atoms. The molecule has 110 valence electrons. The zero-order valence-corrected chi connectivity index (χ0v) is 12.5. The Balaban J connectivity index is 1.62. The third-order valence-corrected chi connectivity index (χ3v) is 4.85. The molecule has 0 aliphatic heterocycles. The number of hydrogen-bond donors (Lipinski definition) is 2. The smallest absolute Gasteiger partial charge is 0.305 e. The number of hydrogen-bond acceptors (Lipinski definition) is 3. The molecule has 2 atom stereocenters. The Labute approximate surface area is 127 Å². The van der Waals surface area contributed by atoms with Gasteiger partial charge in [-0.15, -0.1) is 0 Å². The van der Waals surface area contributed by atoms with Gasteiger partial charge in [0.25, 0.3) is 5.91 Å². The second-order valence-corrected chi connectivity index (χ2v) is 6.32. The maximum absolute atomic E-state index is 12.0. The van der Waals surface area contributed by atoms with E-state index in [0.717, 1.165) is 17.8 Å². The van der Waals surface area contributed by atoms with E-state index in [-0.39, 0.29) is 10.8 Å². The van der Waals surface area contributed by atoms with E-state index in [4.69, 9.17) is 0 Å². The highest BCUT2D eigenvalue weighted by molar-refractivity contribution is 7.07. The summed E-state index contributed by atoms with van der Waals surface area (Å²) in [5, 5.41) is 4.52. The van der Waals surface area contributed by atoms with Crippen molar-refractivity contribution in [2.24, 2.45) is 5.92 Å². The van der Waals surface area contributed by atoms with Crippen molar-refractivity contribution >= 4 is 17.2 Å². The third-order valence-electron chi connectivity index (χ3n) is 4.18. The van der Waals surface area contributed by atoms with E-state index in [9.17, 15) is 9.59 Å². The molecule has 1 aliphatic carbocycles. The molecule has 4 nitrogen and oxygen atoms in total. The number of thiazole rings is 1. The van der Waals surface area contributed by atoms with Gasteiger partial charge in [-0.2, -0.15) is 0 Å². The Morgan fingerprint density at radius 3 is 2.81 bits per heavy atom. The fourth-order valence-electron chi connectivity index (χ4n) is 3.13. The average molecular weight is 302 g/mol. The minimum Gasteiger partial charge on any atom is -0.350 e. The standard InChI is InChI=1S/C16H18N2O2S/c19-15(14-10-21-16(20)18-14)17-9-12-7-4-8-13(12)11-5-2-1-3-6-11/h1-3,5-6,10,12-13H,4,7-9H2,(H,17,19)(H,18,20). The van der Waals surface area contributed by atoms with E-state index in [1.165, 1.54) is 18.4 Å². The summed E-state index contributed by atoms with van der Waals surface area (Å²) in [7, 11) is 0. The number of benzene rings is 1. The van der Waals surface area contributed by atoms with Crippen molar-refractivity contribution in [3.63, 3.8) is 0 Å². The molecule has 2 aromatic rings. The van der Waals surface area contributed by atoms with Crippen LogP contribution in [0.1, 0.15) is 41.2 Å². The molecule has 1 aliphatic rings. The summed E-state index contributed by atoms with van der Waals surface area (Å²) in [4.78, 5) is 25.4. The van der Waals surface area contributed by atoms with Crippen LogP contribution in [0.4, 0.5) is 0 Å². The Kier molecular flexibility index (Phi) is 4.20. The van der Waals surface area contributed by atoms with Crippen LogP contribution < -0.4 is 10.2 Å².